The Bertz CT molecular complexity index is 1700. The van der Waals surface area contributed by atoms with Crippen molar-refractivity contribution in [3.63, 3.8) is 0 Å². The molecule has 0 saturated heterocycles. The molecule has 2 N–H and O–H groups in total. The molecule has 1 amide bonds. The first kappa shape index (κ1) is 27.0. The maximum Gasteiger partial charge on any atom is 0.290 e. The summed E-state index contributed by atoms with van der Waals surface area (Å²) in [4.78, 5) is 32.5. The Kier molecular flexibility index (Phi) is 7.85. The third-order valence-corrected chi connectivity index (χ3v) is 7.14. The number of nitrogens with one attached hydrogen (secondary N) is 2. The first-order chi connectivity index (χ1) is 19.3. The Labute approximate surface area is 233 Å². The van der Waals surface area contributed by atoms with Crippen LogP contribution in [0.2, 0.25) is 0 Å². The Balaban J connectivity index is 1.36. The van der Waals surface area contributed by atoms with Crippen molar-refractivity contribution in [2.75, 3.05) is 37.9 Å². The number of hydrogen-bond acceptors (Lipinski definition) is 8. The second-order valence-electron chi connectivity index (χ2n) is 9.33. The summed E-state index contributed by atoms with van der Waals surface area (Å²) in [5.74, 6) is 0.0728. The summed E-state index contributed by atoms with van der Waals surface area (Å²) in [6, 6.07) is 18.8. The van der Waals surface area contributed by atoms with Crippen LogP contribution in [-0.4, -0.2) is 52.8 Å². The van der Waals surface area contributed by atoms with Crippen LogP contribution in [0.4, 0.5) is 21.6 Å². The van der Waals surface area contributed by atoms with Gasteiger partial charge in [0, 0.05) is 23.9 Å². The van der Waals surface area contributed by atoms with E-state index in [1.807, 2.05) is 43.3 Å². The maximum absolute atomic E-state index is 14.7. The molecule has 0 aliphatic rings. The quantitative estimate of drug-likeness (QED) is 0.259. The van der Waals surface area contributed by atoms with Crippen molar-refractivity contribution in [2.45, 2.75) is 0 Å². The van der Waals surface area contributed by atoms with Gasteiger partial charge in [-0.15, -0.1) is 11.3 Å². The molecule has 40 heavy (non-hydrogen) atoms. The van der Waals surface area contributed by atoms with Gasteiger partial charge < -0.3 is 20.3 Å². The van der Waals surface area contributed by atoms with E-state index in [1.165, 1.54) is 35.2 Å². The zero-order valence-corrected chi connectivity index (χ0v) is 23.0. The van der Waals surface area contributed by atoms with Gasteiger partial charge >= 0.3 is 0 Å². The molecule has 3 heterocycles. The van der Waals surface area contributed by atoms with Crippen LogP contribution in [0.5, 0.6) is 5.75 Å². The average Bonchev–Trinajstić information content (AvgIpc) is 3.38. The number of fused-ring (bicyclic) bond motifs is 1. The molecule has 0 fully saturated rings. The van der Waals surface area contributed by atoms with Gasteiger partial charge in [-0.2, -0.15) is 5.10 Å². The van der Waals surface area contributed by atoms with Gasteiger partial charge in [-0.05, 0) is 68.0 Å². The molecule has 0 bridgehead atoms. The SMILES string of the molecule is CN(C)CCOc1ccc(Nc2cc(-c3ccc(F)c(NC(=O)c4cc5ccccc5s4)c3)nn(C)c2=O)nc1. The van der Waals surface area contributed by atoms with Crippen LogP contribution in [0.15, 0.2) is 77.7 Å². The molecular formula is C29H27FN6O3S. The van der Waals surface area contributed by atoms with Gasteiger partial charge in [0.25, 0.3) is 11.5 Å². The van der Waals surface area contributed by atoms with Crippen LogP contribution < -0.4 is 20.9 Å². The van der Waals surface area contributed by atoms with Crippen molar-refractivity contribution in [2.24, 2.45) is 7.05 Å². The number of aryl methyl sites for hydroxylation is 1. The number of aromatic nitrogens is 3. The zero-order chi connectivity index (χ0) is 28.2. The molecule has 0 aliphatic carbocycles. The summed E-state index contributed by atoms with van der Waals surface area (Å²) < 4.78 is 22.5. The second-order valence-corrected chi connectivity index (χ2v) is 10.4. The van der Waals surface area contributed by atoms with Gasteiger partial charge in [0.2, 0.25) is 0 Å². The summed E-state index contributed by atoms with van der Waals surface area (Å²) in [7, 11) is 5.46. The average molecular weight is 559 g/mol. The summed E-state index contributed by atoms with van der Waals surface area (Å²) in [5.41, 5.74) is 0.810. The molecule has 0 unspecified atom stereocenters. The number of nitrogens with zero attached hydrogens (tertiary/aromatic N) is 4. The fourth-order valence-corrected chi connectivity index (χ4v) is 4.88. The van der Waals surface area contributed by atoms with E-state index in [2.05, 4.69) is 20.7 Å². The van der Waals surface area contributed by atoms with Crippen LogP contribution in [0.1, 0.15) is 9.67 Å². The molecule has 0 atom stereocenters. The van der Waals surface area contributed by atoms with Gasteiger partial charge in [0.1, 0.15) is 29.7 Å². The molecule has 5 aromatic rings. The topological polar surface area (TPSA) is 101 Å². The molecule has 11 heteroatoms. The number of pyridine rings is 1. The smallest absolute Gasteiger partial charge is 0.290 e. The monoisotopic (exact) mass is 558 g/mol. The normalized spacial score (nSPS) is 11.1. The van der Waals surface area contributed by atoms with Crippen molar-refractivity contribution >= 4 is 44.5 Å². The highest BCUT2D eigenvalue weighted by Crippen LogP contribution is 2.28. The molecule has 9 nitrogen and oxygen atoms in total. The molecular weight excluding hydrogens is 531 g/mol. The Morgan fingerprint density at radius 2 is 1.90 bits per heavy atom. The highest BCUT2D eigenvalue weighted by Gasteiger charge is 2.15. The minimum atomic E-state index is -0.585. The van der Waals surface area contributed by atoms with E-state index in [4.69, 9.17) is 4.74 Å². The first-order valence-electron chi connectivity index (χ1n) is 12.5. The number of carbonyl (C=O) groups is 1. The van der Waals surface area contributed by atoms with Crippen LogP contribution in [0.3, 0.4) is 0 Å². The van der Waals surface area contributed by atoms with E-state index in [9.17, 15) is 14.0 Å². The number of likely N-dealkylation sites (N-methyl/N-ethyl adjacent to an activating group) is 1. The lowest BCUT2D eigenvalue weighted by molar-refractivity contribution is 0.103. The summed E-state index contributed by atoms with van der Waals surface area (Å²) in [6.07, 6.45) is 1.58. The molecule has 0 spiro atoms. The third kappa shape index (κ3) is 6.16. The largest absolute Gasteiger partial charge is 0.491 e. The predicted octanol–water partition coefficient (Wildman–Crippen LogP) is 5.13. The Morgan fingerprint density at radius 1 is 1.07 bits per heavy atom. The number of amides is 1. The number of carbonyl (C=O) groups excluding carboxylic acids is 1. The number of anilines is 3. The number of hydrogen-bond donors (Lipinski definition) is 2. The zero-order valence-electron chi connectivity index (χ0n) is 22.1. The van der Waals surface area contributed by atoms with Gasteiger partial charge in [-0.3, -0.25) is 9.59 Å². The van der Waals surface area contributed by atoms with E-state index < -0.39 is 11.7 Å². The highest BCUT2D eigenvalue weighted by atomic mass is 32.1. The van der Waals surface area contributed by atoms with E-state index in [0.717, 1.165) is 16.6 Å². The van der Waals surface area contributed by atoms with Gasteiger partial charge in [0.05, 0.1) is 22.5 Å². The van der Waals surface area contributed by atoms with Gasteiger partial charge in [-0.1, -0.05) is 18.2 Å². The van der Waals surface area contributed by atoms with Crippen LogP contribution in [0.25, 0.3) is 21.3 Å². The summed E-state index contributed by atoms with van der Waals surface area (Å²) in [6.45, 7) is 1.30. The summed E-state index contributed by atoms with van der Waals surface area (Å²) in [5, 5.41) is 11.0. The van der Waals surface area contributed by atoms with Crippen LogP contribution in [0, 0.1) is 5.82 Å². The lowest BCUT2D eigenvalue weighted by atomic mass is 10.1. The Morgan fingerprint density at radius 3 is 2.65 bits per heavy atom. The third-order valence-electron chi connectivity index (χ3n) is 6.03. The lowest BCUT2D eigenvalue weighted by Gasteiger charge is -2.12. The standard InChI is InChI=1S/C29H27FN6O3S/c1-35(2)12-13-39-20-9-11-27(31-17-20)32-24-16-22(34-36(3)29(24)38)18-8-10-21(30)23(14-18)33-28(37)26-15-19-6-4-5-7-25(19)40-26/h4-11,14-17H,12-13H2,1-3H3,(H,31,32)(H,33,37). The number of halogens is 1. The number of thiophene rings is 1. The van der Waals surface area contributed by atoms with E-state index in [0.29, 0.717) is 34.3 Å². The predicted molar refractivity (Wildman–Crippen MR) is 156 cm³/mol. The fraction of sp³-hybridized carbons (Fsp3) is 0.172. The van der Waals surface area contributed by atoms with E-state index >= 15 is 0 Å². The number of rotatable bonds is 9. The molecule has 204 valence electrons. The van der Waals surface area contributed by atoms with Gasteiger partial charge in [0.15, 0.2) is 0 Å². The van der Waals surface area contributed by atoms with E-state index in [1.54, 1.807) is 36.5 Å². The van der Waals surface area contributed by atoms with Crippen LogP contribution >= 0.6 is 11.3 Å². The number of benzene rings is 2. The molecule has 0 aliphatic heterocycles. The van der Waals surface area contributed by atoms with Crippen molar-refractivity contribution in [3.05, 3.63) is 94.0 Å². The summed E-state index contributed by atoms with van der Waals surface area (Å²) >= 11 is 1.33. The van der Waals surface area contributed by atoms with E-state index in [-0.39, 0.29) is 16.9 Å². The fourth-order valence-electron chi connectivity index (χ4n) is 3.92. The molecule has 5 rings (SSSR count). The minimum Gasteiger partial charge on any atom is -0.491 e. The van der Waals surface area contributed by atoms with Crippen molar-refractivity contribution in [1.82, 2.24) is 19.7 Å². The minimum absolute atomic E-state index is 0.0108. The van der Waals surface area contributed by atoms with Crippen molar-refractivity contribution < 1.29 is 13.9 Å². The lowest BCUT2D eigenvalue weighted by Crippen LogP contribution is -2.23. The Hall–Kier alpha value is -4.61. The van der Waals surface area contributed by atoms with Gasteiger partial charge in [-0.25, -0.2) is 14.1 Å². The second kappa shape index (κ2) is 11.6. The highest BCUT2D eigenvalue weighted by molar-refractivity contribution is 7.20. The molecule has 0 radical (unpaired) electrons. The molecule has 0 saturated carbocycles. The molecule has 3 aromatic heterocycles. The molecule has 2 aromatic carbocycles. The van der Waals surface area contributed by atoms with Crippen molar-refractivity contribution in [1.29, 1.82) is 0 Å². The van der Waals surface area contributed by atoms with Crippen LogP contribution in [-0.2, 0) is 7.05 Å². The van der Waals surface area contributed by atoms with Crippen molar-refractivity contribution in [3.8, 4) is 17.0 Å². The first-order valence-corrected chi connectivity index (χ1v) is 13.3. The number of ether oxygens (including phenoxy) is 1. The maximum atomic E-state index is 14.7.